The lowest BCUT2D eigenvalue weighted by molar-refractivity contribution is -0.154. The molecule has 220 valence electrons. The smallest absolute Gasteiger partial charge is 0.457 e. The Morgan fingerprint density at radius 1 is 0.816 bits per heavy atom. The van der Waals surface area contributed by atoms with E-state index in [1.165, 1.54) is 12.8 Å². The Hall–Kier alpha value is -1.54. The second-order valence-electron chi connectivity index (χ2n) is 8.88. The SMILES string of the molecule is CC/C=C\C/C=C\C/C=C\C/C=C\CCCCCCCOCC(COP(=O)(O)OCCN)OC(=O)CCC. The molecule has 38 heavy (non-hydrogen) atoms. The minimum absolute atomic E-state index is 0.0936. The Morgan fingerprint density at radius 3 is 2.05 bits per heavy atom. The molecule has 8 nitrogen and oxygen atoms in total. The van der Waals surface area contributed by atoms with Gasteiger partial charge in [-0.05, 0) is 51.4 Å². The Kier molecular flexibility index (Phi) is 25.9. The normalized spacial score (nSPS) is 14.7. The van der Waals surface area contributed by atoms with Gasteiger partial charge < -0.3 is 20.1 Å². The number of rotatable bonds is 26. The molecule has 0 aromatic heterocycles. The first kappa shape index (κ1) is 36.5. The van der Waals surface area contributed by atoms with Crippen LogP contribution in [0.15, 0.2) is 48.6 Å². The van der Waals surface area contributed by atoms with Crippen molar-refractivity contribution in [2.45, 2.75) is 97.0 Å². The third-order valence-electron chi connectivity index (χ3n) is 5.23. The maximum atomic E-state index is 11.8. The molecule has 0 rings (SSSR count). The van der Waals surface area contributed by atoms with E-state index < -0.39 is 19.9 Å². The maximum Gasteiger partial charge on any atom is 0.472 e. The van der Waals surface area contributed by atoms with E-state index in [9.17, 15) is 14.3 Å². The van der Waals surface area contributed by atoms with Crippen LogP contribution < -0.4 is 5.73 Å². The van der Waals surface area contributed by atoms with Crippen LogP contribution in [0.25, 0.3) is 0 Å². The fraction of sp³-hybridized carbons (Fsp3) is 0.690. The summed E-state index contributed by atoms with van der Waals surface area (Å²) in [4.78, 5) is 21.5. The van der Waals surface area contributed by atoms with E-state index in [2.05, 4.69) is 55.5 Å². The fourth-order valence-corrected chi connectivity index (χ4v) is 4.02. The summed E-state index contributed by atoms with van der Waals surface area (Å²) in [6.07, 6.45) is 28.5. The van der Waals surface area contributed by atoms with Crippen LogP contribution in [-0.4, -0.2) is 49.9 Å². The average molecular weight is 558 g/mol. The molecule has 0 aliphatic heterocycles. The summed E-state index contributed by atoms with van der Waals surface area (Å²) in [6.45, 7) is 4.34. The predicted molar refractivity (Wildman–Crippen MR) is 155 cm³/mol. The van der Waals surface area contributed by atoms with Crippen molar-refractivity contribution in [2.75, 3.05) is 33.0 Å². The highest BCUT2D eigenvalue weighted by molar-refractivity contribution is 7.47. The summed E-state index contributed by atoms with van der Waals surface area (Å²) < 4.78 is 32.4. The Balaban J connectivity index is 3.88. The van der Waals surface area contributed by atoms with Crippen LogP contribution in [0, 0.1) is 0 Å². The molecule has 0 aliphatic carbocycles. The number of hydrogen-bond donors (Lipinski definition) is 2. The largest absolute Gasteiger partial charge is 0.472 e. The van der Waals surface area contributed by atoms with Gasteiger partial charge in [0.15, 0.2) is 0 Å². The summed E-state index contributed by atoms with van der Waals surface area (Å²) in [7, 11) is -4.24. The maximum absolute atomic E-state index is 11.8. The van der Waals surface area contributed by atoms with Crippen molar-refractivity contribution in [1.82, 2.24) is 0 Å². The first-order valence-electron chi connectivity index (χ1n) is 14.1. The summed E-state index contributed by atoms with van der Waals surface area (Å²) >= 11 is 0. The zero-order chi connectivity index (χ0) is 28.2. The number of carbonyl (C=O) groups excluding carboxylic acids is 1. The van der Waals surface area contributed by atoms with Gasteiger partial charge in [0.1, 0.15) is 6.10 Å². The predicted octanol–water partition coefficient (Wildman–Crippen LogP) is 6.95. The molecule has 0 aromatic carbocycles. The van der Waals surface area contributed by atoms with E-state index >= 15 is 0 Å². The van der Waals surface area contributed by atoms with Crippen LogP contribution in [0.3, 0.4) is 0 Å². The molecule has 0 saturated carbocycles. The second-order valence-corrected chi connectivity index (χ2v) is 10.3. The molecule has 2 unspecified atom stereocenters. The van der Waals surface area contributed by atoms with Crippen molar-refractivity contribution in [3.05, 3.63) is 48.6 Å². The number of carbonyl (C=O) groups is 1. The third-order valence-corrected chi connectivity index (χ3v) is 6.21. The number of hydrogen-bond acceptors (Lipinski definition) is 7. The highest BCUT2D eigenvalue weighted by Crippen LogP contribution is 2.43. The standard InChI is InChI=1S/C29H52NO7P/c1-3-5-6-7-8-9-10-11-12-13-14-15-16-17-18-19-20-21-24-34-26-28(37-29(31)22-4-2)27-36-38(32,33)35-25-23-30/h5-6,8-9,11-12,14-15,28H,3-4,7,10,13,16-27,30H2,1-2H3,(H,32,33)/b6-5-,9-8-,12-11-,15-14-. The van der Waals surface area contributed by atoms with E-state index in [1.807, 2.05) is 6.92 Å². The van der Waals surface area contributed by atoms with Crippen molar-refractivity contribution >= 4 is 13.8 Å². The van der Waals surface area contributed by atoms with Crippen molar-refractivity contribution in [3.8, 4) is 0 Å². The molecule has 9 heteroatoms. The van der Waals surface area contributed by atoms with Gasteiger partial charge in [-0.15, -0.1) is 0 Å². The number of ether oxygens (including phenoxy) is 2. The summed E-state index contributed by atoms with van der Waals surface area (Å²) in [5.41, 5.74) is 5.27. The van der Waals surface area contributed by atoms with Crippen molar-refractivity contribution in [1.29, 1.82) is 0 Å². The minimum Gasteiger partial charge on any atom is -0.457 e. The zero-order valence-electron chi connectivity index (χ0n) is 23.6. The molecule has 0 amide bonds. The lowest BCUT2D eigenvalue weighted by atomic mass is 10.1. The van der Waals surface area contributed by atoms with Gasteiger partial charge in [0.25, 0.3) is 0 Å². The summed E-state index contributed by atoms with van der Waals surface area (Å²) in [6, 6.07) is 0. The number of unbranched alkanes of at least 4 members (excludes halogenated alkanes) is 5. The minimum atomic E-state index is -4.24. The van der Waals surface area contributed by atoms with Gasteiger partial charge in [-0.25, -0.2) is 4.57 Å². The van der Waals surface area contributed by atoms with Gasteiger partial charge in [-0.3, -0.25) is 13.8 Å². The lowest BCUT2D eigenvalue weighted by Crippen LogP contribution is -2.28. The van der Waals surface area contributed by atoms with Gasteiger partial charge in [-0.1, -0.05) is 81.7 Å². The number of phosphoric acid groups is 1. The highest BCUT2D eigenvalue weighted by atomic mass is 31.2. The van der Waals surface area contributed by atoms with Crippen LogP contribution in [0.1, 0.15) is 90.9 Å². The summed E-state index contributed by atoms with van der Waals surface area (Å²) in [5, 5.41) is 0. The number of esters is 1. The third kappa shape index (κ3) is 26.1. The van der Waals surface area contributed by atoms with Gasteiger partial charge in [-0.2, -0.15) is 0 Å². The van der Waals surface area contributed by atoms with E-state index in [0.29, 0.717) is 13.0 Å². The molecular formula is C29H52NO7P. The highest BCUT2D eigenvalue weighted by Gasteiger charge is 2.25. The monoisotopic (exact) mass is 557 g/mol. The Morgan fingerprint density at radius 2 is 1.42 bits per heavy atom. The number of nitrogens with two attached hydrogens (primary N) is 1. The summed E-state index contributed by atoms with van der Waals surface area (Å²) in [5.74, 6) is -0.395. The quantitative estimate of drug-likeness (QED) is 0.0508. The van der Waals surface area contributed by atoms with Crippen LogP contribution in [0.4, 0.5) is 0 Å². The Bertz CT molecular complexity index is 722. The van der Waals surface area contributed by atoms with Crippen molar-refractivity contribution in [2.24, 2.45) is 5.73 Å². The molecule has 0 spiro atoms. The van der Waals surface area contributed by atoms with Crippen LogP contribution in [0.2, 0.25) is 0 Å². The zero-order valence-corrected chi connectivity index (χ0v) is 24.5. The van der Waals surface area contributed by atoms with Crippen LogP contribution in [0.5, 0.6) is 0 Å². The molecule has 0 aromatic rings. The first-order valence-corrected chi connectivity index (χ1v) is 15.6. The molecule has 0 heterocycles. The fourth-order valence-electron chi connectivity index (χ4n) is 3.26. The van der Waals surface area contributed by atoms with Crippen molar-refractivity contribution < 1.29 is 32.8 Å². The molecule has 0 bridgehead atoms. The second kappa shape index (κ2) is 27.0. The van der Waals surface area contributed by atoms with E-state index in [0.717, 1.165) is 51.4 Å². The molecule has 0 fully saturated rings. The van der Waals surface area contributed by atoms with E-state index in [1.54, 1.807) is 0 Å². The van der Waals surface area contributed by atoms with Crippen molar-refractivity contribution in [3.63, 3.8) is 0 Å². The number of allylic oxidation sites excluding steroid dienone is 8. The van der Waals surface area contributed by atoms with Gasteiger partial charge in [0.2, 0.25) is 0 Å². The van der Waals surface area contributed by atoms with Crippen LogP contribution >= 0.6 is 7.82 Å². The topological polar surface area (TPSA) is 117 Å². The van der Waals surface area contributed by atoms with E-state index in [4.69, 9.17) is 24.3 Å². The van der Waals surface area contributed by atoms with Crippen LogP contribution in [-0.2, 0) is 27.9 Å². The molecular weight excluding hydrogens is 505 g/mol. The number of phosphoric ester groups is 1. The van der Waals surface area contributed by atoms with E-state index in [-0.39, 0.29) is 32.8 Å². The average Bonchev–Trinajstić information content (AvgIpc) is 2.89. The molecule has 2 atom stereocenters. The van der Waals surface area contributed by atoms with Gasteiger partial charge in [0, 0.05) is 19.6 Å². The molecule has 3 N–H and O–H groups in total. The van der Waals surface area contributed by atoms with Gasteiger partial charge >= 0.3 is 13.8 Å². The Labute approximate surface area is 230 Å². The van der Waals surface area contributed by atoms with Gasteiger partial charge in [0.05, 0.1) is 19.8 Å². The molecule has 0 radical (unpaired) electrons. The molecule has 0 saturated heterocycles. The first-order chi connectivity index (χ1) is 18.4. The molecule has 0 aliphatic rings. The lowest BCUT2D eigenvalue weighted by Gasteiger charge is -2.19.